The summed E-state index contributed by atoms with van der Waals surface area (Å²) < 4.78 is 161. The minimum Gasteiger partial charge on any atom is -0.497 e. The van der Waals surface area contributed by atoms with Gasteiger partial charge >= 0.3 is 40.5 Å². The number of halogens is 9. The zero-order valence-electron chi connectivity index (χ0n) is 24.4. The van der Waals surface area contributed by atoms with Crippen LogP contribution in [-0.4, -0.2) is 63.1 Å². The zero-order chi connectivity index (χ0) is 35.4. The molecule has 7 nitrogen and oxygen atoms in total. The van der Waals surface area contributed by atoms with E-state index in [1.807, 2.05) is 6.07 Å². The van der Waals surface area contributed by atoms with Crippen molar-refractivity contribution in [3.63, 3.8) is 0 Å². The second-order valence-corrected chi connectivity index (χ2v) is 11.5. The number of allylic oxidation sites excluding steroid dienone is 1. The lowest BCUT2D eigenvalue weighted by Gasteiger charge is -2.33. The highest BCUT2D eigenvalue weighted by Gasteiger charge is 2.86. The average molecular weight is 700 g/mol. The van der Waals surface area contributed by atoms with E-state index >= 15 is 0 Å². The molecule has 0 radical (unpaired) electrons. The Hall–Kier alpha value is -3.90. The second-order valence-electron chi connectivity index (χ2n) is 9.90. The van der Waals surface area contributed by atoms with E-state index in [2.05, 4.69) is 4.18 Å². The van der Waals surface area contributed by atoms with Gasteiger partial charge in [0, 0.05) is 11.1 Å². The van der Waals surface area contributed by atoms with Crippen molar-refractivity contribution in [2.24, 2.45) is 0 Å². The molecule has 47 heavy (non-hydrogen) atoms. The number of alkyl halides is 9. The van der Waals surface area contributed by atoms with Crippen LogP contribution in [0.25, 0.3) is 11.3 Å². The highest BCUT2D eigenvalue weighted by molar-refractivity contribution is 7.88. The molecule has 3 aromatic rings. The Bertz CT molecular complexity index is 1660. The van der Waals surface area contributed by atoms with Gasteiger partial charge in [0.15, 0.2) is 5.76 Å². The Labute approximate surface area is 263 Å². The summed E-state index contributed by atoms with van der Waals surface area (Å²) in [6.07, 6.45) is -6.83. The maximum absolute atomic E-state index is 14.5. The van der Waals surface area contributed by atoms with E-state index in [9.17, 15) is 47.9 Å². The van der Waals surface area contributed by atoms with Gasteiger partial charge in [-0.1, -0.05) is 42.5 Å². The van der Waals surface area contributed by atoms with E-state index in [0.717, 1.165) is 6.07 Å². The summed E-state index contributed by atoms with van der Waals surface area (Å²) in [5.74, 6) is -15.2. The molecule has 0 aliphatic heterocycles. The first-order chi connectivity index (χ1) is 21.7. The van der Waals surface area contributed by atoms with Gasteiger partial charge < -0.3 is 23.7 Å². The van der Waals surface area contributed by atoms with E-state index in [0.29, 0.717) is 11.2 Å². The predicted octanol–water partition coefficient (Wildman–Crippen LogP) is 6.05. The monoisotopic (exact) mass is 700 g/mol. The molecular weight excluding hydrogens is 674 g/mol. The molecule has 0 aromatic heterocycles. The summed E-state index contributed by atoms with van der Waals surface area (Å²) >= 11 is 0. The number of ether oxygens (including phenoxy) is 2. The number of methoxy groups -OCH3 is 2. The molecule has 0 saturated carbocycles. The number of benzene rings is 3. The van der Waals surface area contributed by atoms with Crippen molar-refractivity contribution in [2.75, 3.05) is 14.2 Å². The molecule has 18 heteroatoms. The van der Waals surface area contributed by atoms with E-state index in [4.69, 9.17) is 19.5 Å². The molecular formula is C29H26BF9O7S. The number of fused-ring (bicyclic) bond motifs is 1. The van der Waals surface area contributed by atoms with Crippen LogP contribution in [0.4, 0.5) is 39.5 Å². The van der Waals surface area contributed by atoms with Gasteiger partial charge in [-0.2, -0.15) is 47.9 Å². The minimum absolute atomic E-state index is 0.0746. The molecule has 3 aromatic carbocycles. The van der Waals surface area contributed by atoms with Crippen molar-refractivity contribution in [1.29, 1.82) is 0 Å². The largest absolute Gasteiger partial charge is 0.497 e. The molecule has 1 aliphatic carbocycles. The maximum atomic E-state index is 14.5. The third-order valence-electron chi connectivity index (χ3n) is 6.86. The number of rotatable bonds is 9. The Kier molecular flexibility index (Phi) is 11.2. The van der Waals surface area contributed by atoms with E-state index in [-0.39, 0.29) is 47.3 Å². The van der Waals surface area contributed by atoms with Crippen LogP contribution in [0.3, 0.4) is 0 Å². The molecule has 0 amide bonds. The van der Waals surface area contributed by atoms with Gasteiger partial charge in [0.1, 0.15) is 11.5 Å². The molecule has 256 valence electrons. The SMILES string of the molecule is COc1ccc(C2=C(OS(=O)(=O)C(F)(F)C(F)(F)C(F)(F)C(F)(F)F)c3ccc(OC)cc3CCC2)cc1.OB(O)c1ccccc1. The fourth-order valence-corrected chi connectivity index (χ4v) is 5.28. The zero-order valence-corrected chi connectivity index (χ0v) is 25.2. The molecule has 0 saturated heterocycles. The lowest BCUT2D eigenvalue weighted by molar-refractivity contribution is -0.382. The lowest BCUT2D eigenvalue weighted by Crippen LogP contribution is -2.63. The molecule has 2 N–H and O–H groups in total. The minimum atomic E-state index is -7.43. The van der Waals surface area contributed by atoms with Crippen molar-refractivity contribution in [3.05, 3.63) is 89.5 Å². The van der Waals surface area contributed by atoms with Crippen molar-refractivity contribution < 1.29 is 71.6 Å². The summed E-state index contributed by atoms with van der Waals surface area (Å²) in [6.45, 7) is 0. The first-order valence-electron chi connectivity index (χ1n) is 13.3. The summed E-state index contributed by atoms with van der Waals surface area (Å²) in [6, 6.07) is 18.0. The van der Waals surface area contributed by atoms with Crippen molar-refractivity contribution in [3.8, 4) is 11.5 Å². The highest BCUT2D eigenvalue weighted by atomic mass is 32.2. The Morgan fingerprint density at radius 3 is 1.77 bits per heavy atom. The normalized spacial score (nSPS) is 14.3. The fourth-order valence-electron chi connectivity index (χ4n) is 4.32. The van der Waals surface area contributed by atoms with E-state index < -0.39 is 46.3 Å². The predicted molar refractivity (Wildman–Crippen MR) is 153 cm³/mol. The van der Waals surface area contributed by atoms with E-state index in [1.165, 1.54) is 50.6 Å². The molecule has 1 aliphatic rings. The smallest absolute Gasteiger partial charge is 0.488 e. The third-order valence-corrected chi connectivity index (χ3v) is 8.13. The van der Waals surface area contributed by atoms with Crippen LogP contribution >= 0.6 is 0 Å². The van der Waals surface area contributed by atoms with Crippen LogP contribution in [0, 0.1) is 0 Å². The number of hydrogen-bond donors (Lipinski definition) is 2. The Morgan fingerprint density at radius 2 is 1.28 bits per heavy atom. The van der Waals surface area contributed by atoms with Crippen LogP contribution in [-0.2, 0) is 20.7 Å². The van der Waals surface area contributed by atoms with Gasteiger partial charge in [0.2, 0.25) is 0 Å². The summed E-state index contributed by atoms with van der Waals surface area (Å²) in [5.41, 5.74) is 0.642. The van der Waals surface area contributed by atoms with Gasteiger partial charge in [-0.25, -0.2) is 0 Å². The molecule has 0 atom stereocenters. The standard InChI is InChI=1S/C23H19F9O5S.C6H7BO2/c1-35-15-8-6-13(7-9-15)17-5-3-4-14-12-16(36-2)10-11-18(14)19(17)37-38(33,34)23(31,32)21(26,27)20(24,25)22(28,29)30;8-7(9)6-4-2-1-3-5-6/h6-12H,3-5H2,1-2H3;1-5,8-9H. The second kappa shape index (κ2) is 14.1. The highest BCUT2D eigenvalue weighted by Crippen LogP contribution is 2.55. The van der Waals surface area contributed by atoms with Gasteiger partial charge in [-0.3, -0.25) is 0 Å². The summed E-state index contributed by atoms with van der Waals surface area (Å²) in [4.78, 5) is 0. The molecule has 0 spiro atoms. The molecule has 0 unspecified atom stereocenters. The first-order valence-corrected chi connectivity index (χ1v) is 14.7. The van der Waals surface area contributed by atoms with Gasteiger partial charge in [-0.15, -0.1) is 0 Å². The quantitative estimate of drug-likeness (QED) is 0.159. The van der Waals surface area contributed by atoms with Crippen LogP contribution in [0.2, 0.25) is 0 Å². The van der Waals surface area contributed by atoms with Gasteiger partial charge in [-0.05, 0) is 66.2 Å². The van der Waals surface area contributed by atoms with Gasteiger partial charge in [0.25, 0.3) is 0 Å². The fraction of sp³-hybridized carbons (Fsp3) is 0.310. The number of hydrogen-bond acceptors (Lipinski definition) is 7. The van der Waals surface area contributed by atoms with Crippen molar-refractivity contribution >= 4 is 34.0 Å². The van der Waals surface area contributed by atoms with Crippen LogP contribution in [0.5, 0.6) is 11.5 Å². The number of aryl methyl sites for hydroxylation is 1. The maximum Gasteiger partial charge on any atom is 0.488 e. The third kappa shape index (κ3) is 7.65. The van der Waals surface area contributed by atoms with Crippen molar-refractivity contribution in [2.45, 2.75) is 42.5 Å². The van der Waals surface area contributed by atoms with Crippen LogP contribution in [0.1, 0.15) is 29.5 Å². The summed E-state index contributed by atoms with van der Waals surface area (Å²) in [7, 11) is -5.88. The Morgan fingerprint density at radius 1 is 0.723 bits per heavy atom. The lowest BCUT2D eigenvalue weighted by atomic mass is 9.81. The average Bonchev–Trinajstić information content (AvgIpc) is 3.19. The molecule has 4 rings (SSSR count). The Balaban J connectivity index is 0.000000573. The van der Waals surface area contributed by atoms with Crippen LogP contribution < -0.4 is 14.9 Å². The van der Waals surface area contributed by atoms with Crippen molar-refractivity contribution in [1.82, 2.24) is 0 Å². The molecule has 0 heterocycles. The topological polar surface area (TPSA) is 102 Å². The first kappa shape index (κ1) is 37.6. The summed E-state index contributed by atoms with van der Waals surface area (Å²) in [5, 5.41) is 10.2. The van der Waals surface area contributed by atoms with E-state index in [1.54, 1.807) is 24.3 Å². The molecule has 0 bridgehead atoms. The molecule has 0 fully saturated rings. The van der Waals surface area contributed by atoms with Crippen LogP contribution in [0.15, 0.2) is 72.8 Å². The van der Waals surface area contributed by atoms with Gasteiger partial charge in [0.05, 0.1) is 14.2 Å².